The van der Waals surface area contributed by atoms with Crippen molar-refractivity contribution in [2.75, 3.05) is 32.5 Å². The van der Waals surface area contributed by atoms with Crippen LogP contribution in [0, 0.1) is 5.41 Å². The van der Waals surface area contributed by atoms with Gasteiger partial charge in [-0.2, -0.15) is 0 Å². The van der Waals surface area contributed by atoms with Crippen molar-refractivity contribution in [3.8, 4) is 0 Å². The van der Waals surface area contributed by atoms with Gasteiger partial charge in [0, 0.05) is 37.9 Å². The third kappa shape index (κ3) is 2.33. The van der Waals surface area contributed by atoms with E-state index in [2.05, 4.69) is 14.1 Å². The van der Waals surface area contributed by atoms with Crippen molar-refractivity contribution >= 4 is 15.3 Å². The van der Waals surface area contributed by atoms with Crippen LogP contribution < -0.4 is 0 Å². The van der Waals surface area contributed by atoms with Crippen molar-refractivity contribution in [1.29, 1.82) is 0 Å². The van der Waals surface area contributed by atoms with Crippen LogP contribution >= 0.6 is 9.24 Å². The van der Waals surface area contributed by atoms with E-state index in [4.69, 9.17) is 4.74 Å². The fraction of sp³-hybridized carbons (Fsp3) is 0.909. The molecule has 0 aromatic carbocycles. The predicted octanol–water partition coefficient (Wildman–Crippen LogP) is 1.37. The number of likely N-dealkylation sites (tertiary alicyclic amines) is 2. The molecule has 0 saturated carbocycles. The van der Waals surface area contributed by atoms with Crippen LogP contribution in [-0.2, 0) is 4.74 Å². The summed E-state index contributed by atoms with van der Waals surface area (Å²) in [5.41, 5.74) is -0.000974. The predicted molar refractivity (Wildman–Crippen MR) is 66.4 cm³/mol. The van der Waals surface area contributed by atoms with Gasteiger partial charge in [0.2, 0.25) is 0 Å². The van der Waals surface area contributed by atoms with E-state index in [1.807, 2.05) is 25.7 Å². The molecule has 1 spiro atoms. The number of ether oxygens (including phenoxy) is 1. The first kappa shape index (κ1) is 12.1. The third-order valence-corrected chi connectivity index (χ3v) is 3.60. The lowest BCUT2D eigenvalue weighted by Gasteiger charge is -2.59. The van der Waals surface area contributed by atoms with Crippen LogP contribution in [0.1, 0.15) is 20.8 Å². The highest BCUT2D eigenvalue weighted by molar-refractivity contribution is 7.16. The van der Waals surface area contributed by atoms with Gasteiger partial charge in [-0.25, -0.2) is 4.79 Å². The van der Waals surface area contributed by atoms with E-state index >= 15 is 0 Å². The molecule has 2 fully saturated rings. The van der Waals surface area contributed by atoms with Crippen molar-refractivity contribution in [1.82, 2.24) is 9.80 Å². The lowest BCUT2D eigenvalue weighted by molar-refractivity contribution is -0.105. The summed E-state index contributed by atoms with van der Waals surface area (Å²) >= 11 is 0. The lowest BCUT2D eigenvalue weighted by atomic mass is 9.73. The Balaban J connectivity index is 1.75. The van der Waals surface area contributed by atoms with Crippen LogP contribution in [0.3, 0.4) is 0 Å². The van der Waals surface area contributed by atoms with Crippen molar-refractivity contribution in [2.45, 2.75) is 26.4 Å². The molecule has 2 aliphatic rings. The minimum absolute atomic E-state index is 0.164. The van der Waals surface area contributed by atoms with Gasteiger partial charge in [-0.15, -0.1) is 9.24 Å². The summed E-state index contributed by atoms with van der Waals surface area (Å²) in [5, 5.41) is 0. The minimum Gasteiger partial charge on any atom is -0.444 e. The highest BCUT2D eigenvalue weighted by atomic mass is 31.0. The number of hydrogen-bond donors (Lipinski definition) is 0. The maximum Gasteiger partial charge on any atom is 0.410 e. The highest BCUT2D eigenvalue weighted by Crippen LogP contribution is 2.40. The van der Waals surface area contributed by atoms with E-state index < -0.39 is 0 Å². The van der Waals surface area contributed by atoms with Gasteiger partial charge in [0.15, 0.2) is 0 Å². The number of carbonyl (C=O) groups is 1. The van der Waals surface area contributed by atoms with Crippen LogP contribution in [0.4, 0.5) is 4.79 Å². The van der Waals surface area contributed by atoms with Gasteiger partial charge in [0.25, 0.3) is 0 Å². The van der Waals surface area contributed by atoms with Crippen LogP contribution in [-0.4, -0.2) is 54.0 Å². The summed E-state index contributed by atoms with van der Waals surface area (Å²) in [6, 6.07) is 0. The zero-order valence-electron chi connectivity index (χ0n) is 10.3. The molecule has 0 N–H and O–H groups in total. The van der Waals surface area contributed by atoms with Gasteiger partial charge in [0.1, 0.15) is 5.60 Å². The SMILES string of the molecule is CC(C)(C)OC(=O)N1CC2(CN(CP)C2)C1. The molecule has 0 aliphatic carbocycles. The average molecular weight is 244 g/mol. The fourth-order valence-electron chi connectivity index (χ4n) is 2.45. The Hall–Kier alpha value is -0.340. The largest absolute Gasteiger partial charge is 0.444 e. The normalized spacial score (nSPS) is 23.9. The minimum atomic E-state index is -0.383. The Bertz CT molecular complexity index is 287. The van der Waals surface area contributed by atoms with Gasteiger partial charge >= 0.3 is 6.09 Å². The lowest BCUT2D eigenvalue weighted by Crippen LogP contribution is -2.72. The fourth-order valence-corrected chi connectivity index (χ4v) is 2.71. The Kier molecular flexibility index (Phi) is 2.92. The van der Waals surface area contributed by atoms with Gasteiger partial charge in [-0.1, -0.05) is 0 Å². The topological polar surface area (TPSA) is 32.8 Å². The van der Waals surface area contributed by atoms with Gasteiger partial charge in [-0.3, -0.25) is 4.90 Å². The molecule has 2 aliphatic heterocycles. The number of carbonyl (C=O) groups excluding carboxylic acids is 1. The first-order chi connectivity index (χ1) is 7.34. The molecule has 5 heteroatoms. The number of amides is 1. The summed E-state index contributed by atoms with van der Waals surface area (Å²) in [6.07, 6.45) is 0.872. The number of rotatable bonds is 1. The Morgan fingerprint density at radius 3 is 2.31 bits per heavy atom. The van der Waals surface area contributed by atoms with E-state index in [9.17, 15) is 4.79 Å². The standard InChI is InChI=1S/C11H21N2O2P/c1-10(2,3)15-9(14)13-6-11(7-13)4-12(5-11)8-16/h4-8,16H2,1-3H3. The van der Waals surface area contributed by atoms with Crippen molar-refractivity contribution in [2.24, 2.45) is 5.41 Å². The van der Waals surface area contributed by atoms with Crippen molar-refractivity contribution in [3.63, 3.8) is 0 Å². The average Bonchev–Trinajstić information content (AvgIpc) is 1.95. The second-order valence-electron chi connectivity index (χ2n) is 6.01. The van der Waals surface area contributed by atoms with Gasteiger partial charge < -0.3 is 9.64 Å². The summed E-state index contributed by atoms with van der Waals surface area (Å²) in [5.74, 6) is 0. The first-order valence-electron chi connectivity index (χ1n) is 5.74. The van der Waals surface area contributed by atoms with Crippen LogP contribution in [0.25, 0.3) is 0 Å². The smallest absolute Gasteiger partial charge is 0.410 e. The van der Waals surface area contributed by atoms with E-state index in [-0.39, 0.29) is 11.7 Å². The van der Waals surface area contributed by atoms with E-state index in [1.54, 1.807) is 0 Å². The first-order valence-corrected chi connectivity index (χ1v) is 6.56. The summed E-state index contributed by atoms with van der Waals surface area (Å²) < 4.78 is 5.33. The molecule has 0 radical (unpaired) electrons. The molecule has 0 bridgehead atoms. The zero-order valence-corrected chi connectivity index (χ0v) is 11.5. The molecule has 1 unspecified atom stereocenters. The van der Waals surface area contributed by atoms with Crippen LogP contribution in [0.5, 0.6) is 0 Å². The Morgan fingerprint density at radius 2 is 1.88 bits per heavy atom. The molecule has 1 amide bonds. The monoisotopic (exact) mass is 244 g/mol. The van der Waals surface area contributed by atoms with Crippen LogP contribution in [0.15, 0.2) is 0 Å². The molecule has 4 nitrogen and oxygen atoms in total. The van der Waals surface area contributed by atoms with Crippen molar-refractivity contribution < 1.29 is 9.53 Å². The molecule has 2 heterocycles. The Labute approximate surface area is 99.5 Å². The zero-order chi connectivity index (χ0) is 12.0. The molecule has 2 saturated heterocycles. The molecule has 0 aromatic rings. The van der Waals surface area contributed by atoms with Crippen LogP contribution in [0.2, 0.25) is 0 Å². The molecule has 16 heavy (non-hydrogen) atoms. The maximum atomic E-state index is 11.7. The number of nitrogens with zero attached hydrogens (tertiary/aromatic N) is 2. The third-order valence-electron chi connectivity index (χ3n) is 3.08. The molecule has 1 atom stereocenters. The summed E-state index contributed by atoms with van der Waals surface area (Å²) in [7, 11) is 2.74. The molecule has 92 valence electrons. The molecular weight excluding hydrogens is 223 g/mol. The maximum absolute atomic E-state index is 11.7. The summed E-state index contributed by atoms with van der Waals surface area (Å²) in [4.78, 5) is 15.9. The van der Waals surface area contributed by atoms with E-state index in [0.29, 0.717) is 5.41 Å². The van der Waals surface area contributed by atoms with E-state index in [1.165, 1.54) is 0 Å². The van der Waals surface area contributed by atoms with Gasteiger partial charge in [-0.05, 0) is 20.8 Å². The van der Waals surface area contributed by atoms with Crippen molar-refractivity contribution in [3.05, 3.63) is 0 Å². The Morgan fingerprint density at radius 1 is 1.31 bits per heavy atom. The van der Waals surface area contributed by atoms with E-state index in [0.717, 1.165) is 32.5 Å². The molecule has 0 aromatic heterocycles. The second kappa shape index (κ2) is 3.85. The quantitative estimate of drug-likeness (QED) is 0.653. The number of hydrogen-bond acceptors (Lipinski definition) is 3. The second-order valence-corrected chi connectivity index (χ2v) is 6.37. The molecule has 2 rings (SSSR count). The molecular formula is C11H21N2O2P. The highest BCUT2D eigenvalue weighted by Gasteiger charge is 2.53. The summed E-state index contributed by atoms with van der Waals surface area (Å²) in [6.45, 7) is 9.68. The van der Waals surface area contributed by atoms with Gasteiger partial charge in [0.05, 0.1) is 0 Å².